The molecule has 0 heterocycles. The van der Waals surface area contributed by atoms with Crippen LogP contribution in [0.3, 0.4) is 0 Å². The lowest BCUT2D eigenvalue weighted by molar-refractivity contribution is -0.118. The Balaban J connectivity index is 2.52. The summed E-state index contributed by atoms with van der Waals surface area (Å²) in [7, 11) is 0. The molecule has 1 aromatic rings. The minimum absolute atomic E-state index is 0.147. The van der Waals surface area contributed by atoms with E-state index in [9.17, 15) is 18.4 Å². The van der Waals surface area contributed by atoms with Crippen LogP contribution in [0.25, 0.3) is 0 Å². The summed E-state index contributed by atoms with van der Waals surface area (Å²) >= 11 is 0. The van der Waals surface area contributed by atoms with Crippen LogP contribution in [0.15, 0.2) is 18.2 Å². The van der Waals surface area contributed by atoms with E-state index in [0.29, 0.717) is 0 Å². The monoisotopic (exact) mass is 242 g/mol. The van der Waals surface area contributed by atoms with Crippen LogP contribution in [-0.2, 0) is 4.79 Å². The third-order valence-corrected chi connectivity index (χ3v) is 1.96. The largest absolute Gasteiger partial charge is 0.355 e. The Morgan fingerprint density at radius 3 is 2.47 bits per heavy atom. The molecule has 1 aromatic carbocycles. The molecule has 0 aliphatic rings. The predicted octanol–water partition coefficient (Wildman–Crippen LogP) is 0.831. The van der Waals surface area contributed by atoms with Gasteiger partial charge in [-0.3, -0.25) is 9.59 Å². The minimum Gasteiger partial charge on any atom is -0.355 e. The SMILES string of the molecule is CC(=O)NCCNC(=O)c1cc(F)ccc1F. The Kier molecular flexibility index (Phi) is 4.56. The van der Waals surface area contributed by atoms with Crippen molar-refractivity contribution in [2.45, 2.75) is 6.92 Å². The van der Waals surface area contributed by atoms with E-state index in [1.165, 1.54) is 6.92 Å². The Morgan fingerprint density at radius 2 is 1.82 bits per heavy atom. The van der Waals surface area contributed by atoms with Gasteiger partial charge in [0.1, 0.15) is 11.6 Å². The first-order valence-electron chi connectivity index (χ1n) is 4.98. The van der Waals surface area contributed by atoms with Crippen molar-refractivity contribution in [2.75, 3.05) is 13.1 Å². The highest BCUT2D eigenvalue weighted by molar-refractivity contribution is 5.94. The molecule has 6 heteroatoms. The molecule has 2 N–H and O–H groups in total. The summed E-state index contributed by atoms with van der Waals surface area (Å²) in [5.74, 6) is -2.41. The van der Waals surface area contributed by atoms with Crippen molar-refractivity contribution in [3.05, 3.63) is 35.4 Å². The van der Waals surface area contributed by atoms with Crippen molar-refractivity contribution in [3.63, 3.8) is 0 Å². The highest BCUT2D eigenvalue weighted by Gasteiger charge is 2.11. The van der Waals surface area contributed by atoms with Crippen LogP contribution < -0.4 is 10.6 Å². The summed E-state index contributed by atoms with van der Waals surface area (Å²) in [6.45, 7) is 1.72. The van der Waals surface area contributed by atoms with Crippen LogP contribution in [-0.4, -0.2) is 24.9 Å². The first-order chi connectivity index (χ1) is 8.00. The molecule has 4 nitrogen and oxygen atoms in total. The van der Waals surface area contributed by atoms with Gasteiger partial charge in [0.15, 0.2) is 0 Å². The summed E-state index contributed by atoms with van der Waals surface area (Å²) < 4.78 is 26.0. The van der Waals surface area contributed by atoms with E-state index in [-0.39, 0.29) is 24.6 Å². The van der Waals surface area contributed by atoms with Crippen molar-refractivity contribution in [2.24, 2.45) is 0 Å². The number of hydrogen-bond acceptors (Lipinski definition) is 2. The number of nitrogens with one attached hydrogen (secondary N) is 2. The van der Waals surface area contributed by atoms with E-state index >= 15 is 0 Å². The highest BCUT2D eigenvalue weighted by Crippen LogP contribution is 2.09. The minimum atomic E-state index is -0.788. The number of carbonyl (C=O) groups is 2. The molecule has 0 aliphatic carbocycles. The molecule has 0 spiro atoms. The van der Waals surface area contributed by atoms with E-state index in [2.05, 4.69) is 10.6 Å². The van der Waals surface area contributed by atoms with Crippen molar-refractivity contribution in [1.29, 1.82) is 0 Å². The average Bonchev–Trinajstić information content (AvgIpc) is 2.27. The lowest BCUT2D eigenvalue weighted by Gasteiger charge is -2.06. The van der Waals surface area contributed by atoms with Gasteiger partial charge < -0.3 is 10.6 Å². The van der Waals surface area contributed by atoms with Crippen LogP contribution >= 0.6 is 0 Å². The van der Waals surface area contributed by atoms with E-state index in [4.69, 9.17) is 0 Å². The van der Waals surface area contributed by atoms with Gasteiger partial charge in [-0.2, -0.15) is 0 Å². The van der Waals surface area contributed by atoms with Crippen LogP contribution in [0, 0.1) is 11.6 Å². The van der Waals surface area contributed by atoms with Gasteiger partial charge in [0.05, 0.1) is 5.56 Å². The Hall–Kier alpha value is -1.98. The number of halogens is 2. The highest BCUT2D eigenvalue weighted by atomic mass is 19.1. The molecule has 0 aromatic heterocycles. The number of hydrogen-bond donors (Lipinski definition) is 2. The van der Waals surface area contributed by atoms with Gasteiger partial charge in [0, 0.05) is 20.0 Å². The second-order valence-corrected chi connectivity index (χ2v) is 3.36. The molecule has 0 atom stereocenters. The summed E-state index contributed by atoms with van der Waals surface area (Å²) in [5, 5.41) is 4.82. The maximum atomic E-state index is 13.2. The predicted molar refractivity (Wildman–Crippen MR) is 57.4 cm³/mol. The third kappa shape index (κ3) is 4.18. The lowest BCUT2D eigenvalue weighted by atomic mass is 10.2. The molecule has 92 valence electrons. The maximum absolute atomic E-state index is 13.2. The number of rotatable bonds is 4. The van der Waals surface area contributed by atoms with Gasteiger partial charge in [-0.05, 0) is 18.2 Å². The topological polar surface area (TPSA) is 58.2 Å². The fraction of sp³-hybridized carbons (Fsp3) is 0.273. The van der Waals surface area contributed by atoms with Crippen molar-refractivity contribution in [3.8, 4) is 0 Å². The molecule has 0 saturated carbocycles. The average molecular weight is 242 g/mol. The summed E-state index contributed by atoms with van der Waals surface area (Å²) in [6.07, 6.45) is 0. The molecule has 0 fully saturated rings. The van der Waals surface area contributed by atoms with Crippen LogP contribution in [0.5, 0.6) is 0 Å². The molecular formula is C11H12F2N2O2. The van der Waals surface area contributed by atoms with Gasteiger partial charge in [0.25, 0.3) is 5.91 Å². The molecular weight excluding hydrogens is 230 g/mol. The second kappa shape index (κ2) is 5.93. The molecule has 2 amide bonds. The maximum Gasteiger partial charge on any atom is 0.254 e. The van der Waals surface area contributed by atoms with E-state index in [1.807, 2.05) is 0 Å². The quantitative estimate of drug-likeness (QED) is 0.768. The molecule has 0 aliphatic heterocycles. The molecule has 0 saturated heterocycles. The molecule has 1 rings (SSSR count). The first kappa shape index (κ1) is 13.1. The zero-order valence-corrected chi connectivity index (χ0v) is 9.22. The normalized spacial score (nSPS) is 9.82. The number of benzene rings is 1. The van der Waals surface area contributed by atoms with Gasteiger partial charge in [-0.1, -0.05) is 0 Å². The van der Waals surface area contributed by atoms with Crippen LogP contribution in [0.2, 0.25) is 0 Å². The van der Waals surface area contributed by atoms with Gasteiger partial charge in [-0.25, -0.2) is 8.78 Å². The molecule has 17 heavy (non-hydrogen) atoms. The van der Waals surface area contributed by atoms with Gasteiger partial charge in [0.2, 0.25) is 5.91 Å². The van der Waals surface area contributed by atoms with Crippen molar-refractivity contribution < 1.29 is 18.4 Å². The smallest absolute Gasteiger partial charge is 0.254 e. The van der Waals surface area contributed by atoms with E-state index < -0.39 is 17.5 Å². The molecule has 0 unspecified atom stereocenters. The summed E-state index contributed by atoms with van der Waals surface area (Å²) in [4.78, 5) is 22.0. The van der Waals surface area contributed by atoms with Crippen LogP contribution in [0.1, 0.15) is 17.3 Å². The number of carbonyl (C=O) groups excluding carboxylic acids is 2. The van der Waals surface area contributed by atoms with Crippen molar-refractivity contribution >= 4 is 11.8 Å². The lowest BCUT2D eigenvalue weighted by Crippen LogP contribution is -2.34. The molecule has 0 radical (unpaired) electrons. The zero-order valence-electron chi connectivity index (χ0n) is 9.22. The zero-order chi connectivity index (χ0) is 12.8. The Morgan fingerprint density at radius 1 is 1.18 bits per heavy atom. The second-order valence-electron chi connectivity index (χ2n) is 3.36. The fourth-order valence-electron chi connectivity index (χ4n) is 1.18. The summed E-state index contributed by atoms with van der Waals surface area (Å²) in [6, 6.07) is 2.64. The van der Waals surface area contributed by atoms with E-state index in [0.717, 1.165) is 18.2 Å². The Labute approximate surface area is 97.0 Å². The summed E-state index contributed by atoms with van der Waals surface area (Å²) in [5.41, 5.74) is -0.354. The molecule has 0 bridgehead atoms. The van der Waals surface area contributed by atoms with Crippen LogP contribution in [0.4, 0.5) is 8.78 Å². The Bertz CT molecular complexity index is 435. The van der Waals surface area contributed by atoms with E-state index in [1.54, 1.807) is 0 Å². The van der Waals surface area contributed by atoms with Crippen molar-refractivity contribution in [1.82, 2.24) is 10.6 Å². The third-order valence-electron chi connectivity index (χ3n) is 1.96. The van der Waals surface area contributed by atoms with Gasteiger partial charge >= 0.3 is 0 Å². The first-order valence-corrected chi connectivity index (χ1v) is 4.98. The fourth-order valence-corrected chi connectivity index (χ4v) is 1.18. The standard InChI is InChI=1S/C11H12F2N2O2/c1-7(16)14-4-5-15-11(17)9-6-8(12)2-3-10(9)13/h2-3,6H,4-5H2,1H3,(H,14,16)(H,15,17). The van der Waals surface area contributed by atoms with Gasteiger partial charge in [-0.15, -0.1) is 0 Å². The number of amides is 2.